The first-order chi connectivity index (χ1) is 13.3. The van der Waals surface area contributed by atoms with E-state index in [1.807, 2.05) is 25.7 Å². The van der Waals surface area contributed by atoms with E-state index in [1.54, 1.807) is 20.8 Å². The first-order valence-electron chi connectivity index (χ1n) is 10.9. The second-order valence-corrected chi connectivity index (χ2v) is 10.7. The molecular formula is C22H39N3O4. The summed E-state index contributed by atoms with van der Waals surface area (Å²) in [5, 5.41) is 5.51. The maximum Gasteiger partial charge on any atom is 0.414 e. The normalized spacial score (nSPS) is 28.0. The molecule has 2 N–H and O–H groups in total. The molecule has 0 spiro atoms. The van der Waals surface area contributed by atoms with Crippen molar-refractivity contribution in [2.75, 3.05) is 6.54 Å². The molecule has 0 bridgehead atoms. The Kier molecular flexibility index (Phi) is 7.36. The Hall–Kier alpha value is -1.63. The number of alkyl carbamates (subject to hydrolysis) is 1. The van der Waals surface area contributed by atoms with E-state index in [-0.39, 0.29) is 18.0 Å². The van der Waals surface area contributed by atoms with Crippen LogP contribution in [0.3, 0.4) is 0 Å². The zero-order chi connectivity index (χ0) is 22.0. The van der Waals surface area contributed by atoms with Crippen LogP contribution < -0.4 is 10.6 Å². The van der Waals surface area contributed by atoms with Crippen molar-refractivity contribution in [2.45, 2.75) is 104 Å². The van der Waals surface area contributed by atoms with Crippen LogP contribution in [0.4, 0.5) is 4.79 Å². The topological polar surface area (TPSA) is 87.7 Å². The van der Waals surface area contributed by atoms with E-state index in [4.69, 9.17) is 4.74 Å². The third-order valence-electron chi connectivity index (χ3n) is 5.70. The molecule has 3 amide bonds. The lowest BCUT2D eigenvalue weighted by Crippen LogP contribution is -2.53. The van der Waals surface area contributed by atoms with Crippen LogP contribution in [0.5, 0.6) is 0 Å². The Morgan fingerprint density at radius 1 is 0.966 bits per heavy atom. The molecule has 1 aliphatic heterocycles. The smallest absolute Gasteiger partial charge is 0.414 e. The molecule has 2 atom stereocenters. The molecule has 1 saturated carbocycles. The number of nitrogens with one attached hydrogen (secondary N) is 2. The Balaban J connectivity index is 2.05. The summed E-state index contributed by atoms with van der Waals surface area (Å²) < 4.78 is 5.17. The molecule has 1 saturated heterocycles. The Bertz CT molecular complexity index is 613. The van der Waals surface area contributed by atoms with Gasteiger partial charge in [0.1, 0.15) is 5.60 Å². The molecule has 2 rings (SSSR count). The number of rotatable bonds is 3. The van der Waals surface area contributed by atoms with Crippen molar-refractivity contribution < 1.29 is 19.1 Å². The maximum atomic E-state index is 13.3. The van der Waals surface area contributed by atoms with Crippen LogP contribution in [-0.2, 0) is 14.3 Å². The number of ether oxygens (including phenoxy) is 1. The van der Waals surface area contributed by atoms with Crippen molar-refractivity contribution in [1.82, 2.24) is 15.5 Å². The van der Waals surface area contributed by atoms with Crippen LogP contribution >= 0.6 is 0 Å². The fourth-order valence-electron chi connectivity index (χ4n) is 4.16. The van der Waals surface area contributed by atoms with Gasteiger partial charge < -0.3 is 15.0 Å². The highest BCUT2D eigenvalue weighted by Gasteiger charge is 2.42. The lowest BCUT2D eigenvalue weighted by atomic mass is 9.84. The minimum Gasteiger partial charge on any atom is -0.444 e. The van der Waals surface area contributed by atoms with Gasteiger partial charge in [0.25, 0.3) is 0 Å². The van der Waals surface area contributed by atoms with E-state index in [9.17, 15) is 14.4 Å². The fourth-order valence-corrected chi connectivity index (χ4v) is 4.16. The minimum atomic E-state index is -0.739. The fraction of sp³-hybridized carbons (Fsp3) is 0.864. The molecule has 0 unspecified atom stereocenters. The van der Waals surface area contributed by atoms with Gasteiger partial charge >= 0.3 is 6.09 Å². The summed E-state index contributed by atoms with van der Waals surface area (Å²) in [4.78, 5) is 39.7. The standard InChI is InChI=1S/C22H39N3O4/c1-14-8-10-15(11-9-14)25(19(27)21(2,3)4)16-12-17(23-13-16)18(26)24-20(28)29-22(5,6)7/h14-17,23H,8-13H2,1-7H3,(H,24,26,28)/t14-,15+,16-,17-/m0/s1. The number of hydrogen-bond acceptors (Lipinski definition) is 5. The number of hydrogen-bond donors (Lipinski definition) is 2. The Morgan fingerprint density at radius 2 is 1.55 bits per heavy atom. The predicted octanol–water partition coefficient (Wildman–Crippen LogP) is 3.22. The van der Waals surface area contributed by atoms with Crippen LogP contribution in [0, 0.1) is 11.3 Å². The van der Waals surface area contributed by atoms with Gasteiger partial charge in [-0.25, -0.2) is 4.79 Å². The zero-order valence-electron chi connectivity index (χ0n) is 19.1. The number of amides is 3. The molecule has 0 aromatic heterocycles. The van der Waals surface area contributed by atoms with Gasteiger partial charge in [-0.15, -0.1) is 0 Å². The molecule has 1 heterocycles. The van der Waals surface area contributed by atoms with Crippen LogP contribution in [-0.4, -0.2) is 53.1 Å². The van der Waals surface area contributed by atoms with E-state index in [1.165, 1.54) is 0 Å². The SMILES string of the molecule is CC(C)(C)OC(=O)NC(=O)[C@@H]1C[C@H](N(C(=O)C(C)(C)C)[C@H]2CC[C@@H](C)CC2)CN1. The molecule has 166 valence electrons. The molecule has 7 nitrogen and oxygen atoms in total. The average Bonchev–Trinajstić information content (AvgIpc) is 3.04. The summed E-state index contributed by atoms with van der Waals surface area (Å²) >= 11 is 0. The molecule has 0 radical (unpaired) electrons. The third kappa shape index (κ3) is 6.69. The van der Waals surface area contributed by atoms with Gasteiger partial charge in [0.05, 0.1) is 6.04 Å². The maximum absolute atomic E-state index is 13.3. The van der Waals surface area contributed by atoms with Gasteiger partial charge in [-0.2, -0.15) is 0 Å². The van der Waals surface area contributed by atoms with Gasteiger partial charge in [0.15, 0.2) is 0 Å². The summed E-state index contributed by atoms with van der Waals surface area (Å²) in [6.07, 6.45) is 4.03. The van der Waals surface area contributed by atoms with Crippen LogP contribution in [0.1, 0.15) is 80.6 Å². The van der Waals surface area contributed by atoms with Crippen LogP contribution in [0.25, 0.3) is 0 Å². The summed E-state index contributed by atoms with van der Waals surface area (Å²) in [7, 11) is 0. The summed E-state index contributed by atoms with van der Waals surface area (Å²) in [6, 6.07) is -0.336. The molecule has 29 heavy (non-hydrogen) atoms. The summed E-state index contributed by atoms with van der Waals surface area (Å²) in [5.74, 6) is 0.436. The Labute approximate surface area is 175 Å². The van der Waals surface area contributed by atoms with E-state index >= 15 is 0 Å². The van der Waals surface area contributed by atoms with Gasteiger partial charge in [-0.3, -0.25) is 14.9 Å². The number of imide groups is 1. The average molecular weight is 410 g/mol. The molecule has 7 heteroatoms. The van der Waals surface area contributed by atoms with Crippen molar-refractivity contribution in [3.05, 3.63) is 0 Å². The lowest BCUT2D eigenvalue weighted by molar-refractivity contribution is -0.145. The van der Waals surface area contributed by atoms with E-state index in [0.29, 0.717) is 18.9 Å². The molecule has 2 aliphatic rings. The van der Waals surface area contributed by atoms with Gasteiger partial charge in [0.2, 0.25) is 11.8 Å². The highest BCUT2D eigenvalue weighted by molar-refractivity contribution is 5.95. The van der Waals surface area contributed by atoms with Crippen molar-refractivity contribution in [1.29, 1.82) is 0 Å². The summed E-state index contributed by atoms with van der Waals surface area (Å²) in [5.41, 5.74) is -1.13. The van der Waals surface area contributed by atoms with Gasteiger partial charge in [-0.1, -0.05) is 27.7 Å². The Morgan fingerprint density at radius 3 is 2.07 bits per heavy atom. The van der Waals surface area contributed by atoms with Gasteiger partial charge in [-0.05, 0) is 58.8 Å². The van der Waals surface area contributed by atoms with Crippen molar-refractivity contribution in [3.8, 4) is 0 Å². The second-order valence-electron chi connectivity index (χ2n) is 10.7. The minimum absolute atomic E-state index is 0.0467. The molecule has 0 aromatic carbocycles. The highest BCUT2D eigenvalue weighted by atomic mass is 16.6. The molecule has 2 fully saturated rings. The van der Waals surface area contributed by atoms with E-state index in [0.717, 1.165) is 25.7 Å². The third-order valence-corrected chi connectivity index (χ3v) is 5.70. The number of carbonyl (C=O) groups excluding carboxylic acids is 3. The number of carbonyl (C=O) groups is 3. The first kappa shape index (κ1) is 23.6. The van der Waals surface area contributed by atoms with Gasteiger partial charge in [0, 0.05) is 24.0 Å². The highest BCUT2D eigenvalue weighted by Crippen LogP contribution is 2.33. The molecule has 0 aromatic rings. The van der Waals surface area contributed by atoms with Crippen molar-refractivity contribution in [3.63, 3.8) is 0 Å². The van der Waals surface area contributed by atoms with Crippen LogP contribution in [0.15, 0.2) is 0 Å². The largest absolute Gasteiger partial charge is 0.444 e. The van der Waals surface area contributed by atoms with Crippen molar-refractivity contribution >= 4 is 17.9 Å². The van der Waals surface area contributed by atoms with Crippen molar-refractivity contribution in [2.24, 2.45) is 11.3 Å². The molecular weight excluding hydrogens is 370 g/mol. The van der Waals surface area contributed by atoms with Crippen LogP contribution in [0.2, 0.25) is 0 Å². The monoisotopic (exact) mass is 409 g/mol. The summed E-state index contributed by atoms with van der Waals surface area (Å²) in [6.45, 7) is 13.9. The predicted molar refractivity (Wildman–Crippen MR) is 112 cm³/mol. The molecule has 1 aliphatic carbocycles. The van der Waals surface area contributed by atoms with E-state index < -0.39 is 29.1 Å². The number of nitrogens with zero attached hydrogens (tertiary/aromatic N) is 1. The lowest BCUT2D eigenvalue weighted by Gasteiger charge is -2.42. The van der Waals surface area contributed by atoms with E-state index in [2.05, 4.69) is 17.6 Å². The second kappa shape index (κ2) is 9.02. The quantitative estimate of drug-likeness (QED) is 0.747. The first-order valence-corrected chi connectivity index (χ1v) is 10.9. The zero-order valence-corrected chi connectivity index (χ0v) is 19.1.